The minimum absolute atomic E-state index is 0.306. The summed E-state index contributed by atoms with van der Waals surface area (Å²) in [5.41, 5.74) is 3.95. The first kappa shape index (κ1) is 18.9. The van der Waals surface area contributed by atoms with Gasteiger partial charge in [0.25, 0.3) is 0 Å². The van der Waals surface area contributed by atoms with Crippen LogP contribution in [-0.4, -0.2) is 11.3 Å². The minimum atomic E-state index is -4.74. The number of benzene rings is 1. The van der Waals surface area contributed by atoms with Gasteiger partial charge in [-0.25, -0.2) is 5.48 Å². The van der Waals surface area contributed by atoms with E-state index in [1.807, 2.05) is 0 Å². The van der Waals surface area contributed by atoms with E-state index in [9.17, 15) is 13.2 Å². The molecule has 0 bridgehead atoms. The molecule has 0 fully saturated rings. The quantitative estimate of drug-likeness (QED) is 0.652. The summed E-state index contributed by atoms with van der Waals surface area (Å²) < 4.78 is 51.5. The molecule has 9 heteroatoms. The highest BCUT2D eigenvalue weighted by molar-refractivity contribution is 5.57. The Morgan fingerprint density at radius 3 is 2.41 bits per heavy atom. The topological polar surface area (TPSA) is 65.8 Å². The fraction of sp³-hybridized carbons (Fsp3) is 0.150. The summed E-state index contributed by atoms with van der Waals surface area (Å²) >= 11 is 0. The Balaban J connectivity index is 1.45. The van der Waals surface area contributed by atoms with Crippen LogP contribution in [0.15, 0.2) is 77.6 Å². The highest BCUT2D eigenvalue weighted by Crippen LogP contribution is 2.34. The summed E-state index contributed by atoms with van der Waals surface area (Å²) in [6, 6.07) is 10.8. The number of pyridine rings is 1. The number of ether oxygens (including phenoxy) is 2. The van der Waals surface area contributed by atoms with Gasteiger partial charge in [0, 0.05) is 11.6 Å². The standard InChI is InChI=1S/C20H15F3N2O4/c1-19(14-2-4-15(5-3-14)28-20(21,22)23)10-18(25-29-19)27-16-6-7-17(24-11-16)13-8-9-26-12-13/h2-12,25H,1H3/t19-/m1/s1. The van der Waals surface area contributed by atoms with E-state index < -0.39 is 12.0 Å². The average Bonchev–Trinajstić information content (AvgIpc) is 3.33. The second-order valence-corrected chi connectivity index (χ2v) is 6.39. The van der Waals surface area contributed by atoms with Gasteiger partial charge in [0.05, 0.1) is 24.4 Å². The zero-order valence-electron chi connectivity index (χ0n) is 15.1. The number of halogens is 3. The molecule has 2 aromatic heterocycles. The van der Waals surface area contributed by atoms with Crippen LogP contribution in [0.2, 0.25) is 0 Å². The van der Waals surface area contributed by atoms with Crippen molar-refractivity contribution < 1.29 is 31.9 Å². The summed E-state index contributed by atoms with van der Waals surface area (Å²) in [6.45, 7) is 1.75. The Bertz CT molecular complexity index is 1000. The van der Waals surface area contributed by atoms with Crippen LogP contribution in [0.5, 0.6) is 11.5 Å². The first-order valence-corrected chi connectivity index (χ1v) is 8.50. The lowest BCUT2D eigenvalue weighted by atomic mass is 9.96. The van der Waals surface area contributed by atoms with Crippen molar-refractivity contribution >= 4 is 0 Å². The molecule has 150 valence electrons. The highest BCUT2D eigenvalue weighted by atomic mass is 19.4. The molecule has 1 atom stereocenters. The van der Waals surface area contributed by atoms with Crippen molar-refractivity contribution in [2.45, 2.75) is 18.9 Å². The maximum atomic E-state index is 12.3. The molecule has 29 heavy (non-hydrogen) atoms. The first-order valence-electron chi connectivity index (χ1n) is 8.50. The van der Waals surface area contributed by atoms with E-state index in [0.717, 1.165) is 11.3 Å². The van der Waals surface area contributed by atoms with Crippen LogP contribution < -0.4 is 15.0 Å². The third kappa shape index (κ3) is 4.35. The van der Waals surface area contributed by atoms with E-state index >= 15 is 0 Å². The van der Waals surface area contributed by atoms with Gasteiger partial charge in [-0.05, 0) is 42.8 Å². The fourth-order valence-electron chi connectivity index (χ4n) is 2.79. The van der Waals surface area contributed by atoms with Crippen LogP contribution in [0.4, 0.5) is 13.2 Å². The van der Waals surface area contributed by atoms with Gasteiger partial charge in [-0.15, -0.1) is 13.2 Å². The van der Waals surface area contributed by atoms with Gasteiger partial charge in [-0.3, -0.25) is 9.82 Å². The van der Waals surface area contributed by atoms with Crippen LogP contribution >= 0.6 is 0 Å². The number of hydrogen-bond acceptors (Lipinski definition) is 6. The predicted molar refractivity (Wildman–Crippen MR) is 95.3 cm³/mol. The number of hydrogen-bond donors (Lipinski definition) is 1. The lowest BCUT2D eigenvalue weighted by Crippen LogP contribution is -2.23. The molecule has 0 saturated carbocycles. The summed E-state index contributed by atoms with van der Waals surface area (Å²) in [5.74, 6) is 0.513. The van der Waals surface area contributed by atoms with Crippen molar-refractivity contribution in [3.63, 3.8) is 0 Å². The third-order valence-electron chi connectivity index (χ3n) is 4.21. The van der Waals surface area contributed by atoms with Crippen LogP contribution in [0.25, 0.3) is 11.3 Å². The van der Waals surface area contributed by atoms with Crippen LogP contribution in [0, 0.1) is 0 Å². The van der Waals surface area contributed by atoms with Crippen LogP contribution in [-0.2, 0) is 10.4 Å². The zero-order valence-corrected chi connectivity index (χ0v) is 15.1. The van der Waals surface area contributed by atoms with Crippen LogP contribution in [0.1, 0.15) is 12.5 Å². The van der Waals surface area contributed by atoms with Gasteiger partial charge in [0.15, 0.2) is 0 Å². The maximum absolute atomic E-state index is 12.3. The molecule has 0 spiro atoms. The maximum Gasteiger partial charge on any atom is 0.573 e. The molecular formula is C20H15F3N2O4. The van der Waals surface area contributed by atoms with E-state index in [-0.39, 0.29) is 5.75 Å². The van der Waals surface area contributed by atoms with Crippen molar-refractivity contribution in [1.82, 2.24) is 10.5 Å². The lowest BCUT2D eigenvalue weighted by Gasteiger charge is -2.20. The summed E-state index contributed by atoms with van der Waals surface area (Å²) in [7, 11) is 0. The number of hydroxylamine groups is 1. The molecule has 1 N–H and O–H groups in total. The summed E-state index contributed by atoms with van der Waals surface area (Å²) in [4.78, 5) is 9.88. The second kappa shape index (κ2) is 7.17. The Kier molecular flexibility index (Phi) is 4.67. The van der Waals surface area contributed by atoms with Gasteiger partial charge >= 0.3 is 6.36 Å². The van der Waals surface area contributed by atoms with Gasteiger partial charge in [-0.1, -0.05) is 12.1 Å². The van der Waals surface area contributed by atoms with Crippen molar-refractivity contribution in [2.75, 3.05) is 0 Å². The Labute approximate surface area is 163 Å². The molecule has 1 aromatic carbocycles. The van der Waals surface area contributed by atoms with E-state index in [1.54, 1.807) is 49.9 Å². The number of aromatic nitrogens is 1. The van der Waals surface area contributed by atoms with Crippen molar-refractivity contribution in [1.29, 1.82) is 0 Å². The van der Waals surface area contributed by atoms with Gasteiger partial charge in [-0.2, -0.15) is 0 Å². The summed E-state index contributed by atoms with van der Waals surface area (Å²) in [5, 5.41) is 0. The third-order valence-corrected chi connectivity index (χ3v) is 4.21. The number of furan rings is 1. The van der Waals surface area contributed by atoms with Crippen molar-refractivity contribution in [3.8, 4) is 22.8 Å². The first-order chi connectivity index (χ1) is 13.8. The number of rotatable bonds is 5. The molecule has 0 saturated heterocycles. The van der Waals surface area contributed by atoms with E-state index in [2.05, 4.69) is 15.2 Å². The molecule has 6 nitrogen and oxygen atoms in total. The van der Waals surface area contributed by atoms with Gasteiger partial charge < -0.3 is 13.9 Å². The normalized spacial score (nSPS) is 18.8. The molecule has 0 unspecified atom stereocenters. The van der Waals surface area contributed by atoms with Crippen LogP contribution in [0.3, 0.4) is 0 Å². The predicted octanol–water partition coefficient (Wildman–Crippen LogP) is 4.91. The second-order valence-electron chi connectivity index (χ2n) is 6.39. The zero-order chi connectivity index (χ0) is 20.5. The molecule has 0 aliphatic carbocycles. The van der Waals surface area contributed by atoms with Crippen molar-refractivity contribution in [3.05, 3.63) is 78.7 Å². The molecule has 1 aliphatic rings. The number of nitrogens with one attached hydrogen (secondary N) is 1. The molecule has 4 rings (SSSR count). The van der Waals surface area contributed by atoms with Gasteiger partial charge in [0.2, 0.25) is 5.88 Å². The number of nitrogens with zero attached hydrogens (tertiary/aromatic N) is 1. The number of alkyl halides is 3. The molecule has 0 radical (unpaired) electrons. The monoisotopic (exact) mass is 404 g/mol. The largest absolute Gasteiger partial charge is 0.573 e. The molecular weight excluding hydrogens is 389 g/mol. The molecule has 3 aromatic rings. The molecule has 0 amide bonds. The van der Waals surface area contributed by atoms with E-state index in [1.165, 1.54) is 24.3 Å². The fourth-order valence-corrected chi connectivity index (χ4v) is 2.79. The molecule has 1 aliphatic heterocycles. The van der Waals surface area contributed by atoms with E-state index in [4.69, 9.17) is 14.0 Å². The average molecular weight is 404 g/mol. The van der Waals surface area contributed by atoms with E-state index in [0.29, 0.717) is 17.2 Å². The Morgan fingerprint density at radius 2 is 1.79 bits per heavy atom. The SMILES string of the molecule is C[C@]1(c2ccc(OC(F)(F)F)cc2)C=C(Oc2ccc(-c3ccoc3)nc2)NO1. The Morgan fingerprint density at radius 1 is 1.03 bits per heavy atom. The Hall–Kier alpha value is -3.46. The molecule has 3 heterocycles. The van der Waals surface area contributed by atoms with Crippen molar-refractivity contribution in [2.24, 2.45) is 0 Å². The lowest BCUT2D eigenvalue weighted by molar-refractivity contribution is -0.274. The van der Waals surface area contributed by atoms with Gasteiger partial charge in [0.1, 0.15) is 17.1 Å². The highest BCUT2D eigenvalue weighted by Gasteiger charge is 2.34. The summed E-state index contributed by atoms with van der Waals surface area (Å²) in [6.07, 6.45) is 1.65. The minimum Gasteiger partial charge on any atom is -0.472 e. The smallest absolute Gasteiger partial charge is 0.472 e.